The van der Waals surface area contributed by atoms with Crippen LogP contribution in [0, 0.1) is 11.7 Å². The number of benzene rings is 1. The third-order valence-electron chi connectivity index (χ3n) is 4.01. The Bertz CT molecular complexity index is 484. The second-order valence-electron chi connectivity index (χ2n) is 5.66. The molecule has 1 aromatic carbocycles. The third-order valence-corrected chi connectivity index (χ3v) is 4.25. The van der Waals surface area contributed by atoms with E-state index < -0.39 is 0 Å². The summed E-state index contributed by atoms with van der Waals surface area (Å²) < 4.78 is 14.1. The van der Waals surface area contributed by atoms with Gasteiger partial charge in [0.25, 0.3) is 0 Å². The fourth-order valence-electron chi connectivity index (χ4n) is 2.70. The molecular weight excluding hydrogens is 273 g/mol. The van der Waals surface area contributed by atoms with E-state index in [4.69, 9.17) is 18.0 Å². The highest BCUT2D eigenvalue weighted by Gasteiger charge is 2.19. The van der Waals surface area contributed by atoms with Crippen molar-refractivity contribution in [1.29, 1.82) is 0 Å². The second kappa shape index (κ2) is 6.50. The van der Waals surface area contributed by atoms with Crippen LogP contribution in [0.25, 0.3) is 0 Å². The highest BCUT2D eigenvalue weighted by Crippen LogP contribution is 2.23. The van der Waals surface area contributed by atoms with Crippen LogP contribution >= 0.6 is 12.2 Å². The van der Waals surface area contributed by atoms with Gasteiger partial charge in [0, 0.05) is 19.2 Å². The molecule has 1 aromatic rings. The molecule has 2 N–H and O–H groups in total. The zero-order valence-corrected chi connectivity index (χ0v) is 12.9. The van der Waals surface area contributed by atoms with E-state index in [1.807, 2.05) is 11.9 Å². The van der Waals surface area contributed by atoms with Crippen LogP contribution in [-0.2, 0) is 0 Å². The normalized spacial score (nSPS) is 17.1. The van der Waals surface area contributed by atoms with Crippen LogP contribution in [0.2, 0.25) is 0 Å². The number of rotatable bonds is 4. The monoisotopic (exact) mass is 295 g/mol. The fourth-order valence-corrected chi connectivity index (χ4v) is 2.83. The molecule has 1 saturated heterocycles. The fraction of sp³-hybridized carbons (Fsp3) is 0.533. The molecule has 0 radical (unpaired) electrons. The topological polar surface area (TPSA) is 32.5 Å². The maximum Gasteiger partial charge on any atom is 0.147 e. The Morgan fingerprint density at radius 2 is 2.10 bits per heavy atom. The molecule has 5 heteroatoms. The van der Waals surface area contributed by atoms with Crippen LogP contribution in [0.5, 0.6) is 0 Å². The van der Waals surface area contributed by atoms with Gasteiger partial charge in [-0.05, 0) is 57.1 Å². The molecule has 1 heterocycles. The Kier molecular flexibility index (Phi) is 4.94. The average Bonchev–Trinajstić information content (AvgIpc) is 2.41. The van der Waals surface area contributed by atoms with Gasteiger partial charge in [0.05, 0.1) is 5.69 Å². The number of nitrogens with two attached hydrogens (primary N) is 1. The van der Waals surface area contributed by atoms with E-state index in [-0.39, 0.29) is 10.8 Å². The van der Waals surface area contributed by atoms with Crippen molar-refractivity contribution in [2.24, 2.45) is 11.7 Å². The summed E-state index contributed by atoms with van der Waals surface area (Å²) in [5, 5.41) is 0. The van der Waals surface area contributed by atoms with Gasteiger partial charge in [-0.3, -0.25) is 0 Å². The maximum absolute atomic E-state index is 14.1. The van der Waals surface area contributed by atoms with Crippen LogP contribution in [0.15, 0.2) is 18.2 Å². The Morgan fingerprint density at radius 3 is 2.65 bits per heavy atom. The number of anilines is 1. The summed E-state index contributed by atoms with van der Waals surface area (Å²) in [7, 11) is 4.09. The van der Waals surface area contributed by atoms with Crippen molar-refractivity contribution in [2.45, 2.75) is 12.8 Å². The predicted octanol–water partition coefficient (Wildman–Crippen LogP) is 2.24. The number of nitrogens with zero attached hydrogens (tertiary/aromatic N) is 2. The lowest BCUT2D eigenvalue weighted by molar-refractivity contribution is 0.222. The van der Waals surface area contributed by atoms with Crippen LogP contribution in [0.4, 0.5) is 10.1 Å². The van der Waals surface area contributed by atoms with Gasteiger partial charge in [0.2, 0.25) is 0 Å². The van der Waals surface area contributed by atoms with Crippen molar-refractivity contribution in [3.63, 3.8) is 0 Å². The zero-order chi connectivity index (χ0) is 14.7. The van der Waals surface area contributed by atoms with Gasteiger partial charge >= 0.3 is 0 Å². The summed E-state index contributed by atoms with van der Waals surface area (Å²) in [5.41, 5.74) is 6.71. The number of likely N-dealkylation sites (tertiary alicyclic amines) is 1. The molecule has 0 aromatic heterocycles. The van der Waals surface area contributed by atoms with E-state index in [2.05, 4.69) is 11.9 Å². The second-order valence-corrected chi connectivity index (χ2v) is 6.10. The van der Waals surface area contributed by atoms with Gasteiger partial charge in [0.1, 0.15) is 10.8 Å². The first-order valence-electron chi connectivity index (χ1n) is 6.96. The first-order valence-corrected chi connectivity index (χ1v) is 7.37. The minimum Gasteiger partial charge on any atom is -0.389 e. The highest BCUT2D eigenvalue weighted by molar-refractivity contribution is 7.80. The lowest BCUT2D eigenvalue weighted by Gasteiger charge is -2.32. The van der Waals surface area contributed by atoms with E-state index >= 15 is 0 Å². The van der Waals surface area contributed by atoms with E-state index in [0.717, 1.165) is 19.6 Å². The van der Waals surface area contributed by atoms with Crippen molar-refractivity contribution in [3.8, 4) is 0 Å². The van der Waals surface area contributed by atoms with Crippen molar-refractivity contribution < 1.29 is 4.39 Å². The predicted molar refractivity (Wildman–Crippen MR) is 85.8 cm³/mol. The summed E-state index contributed by atoms with van der Waals surface area (Å²) in [5.74, 6) is 0.372. The van der Waals surface area contributed by atoms with Gasteiger partial charge in [-0.25, -0.2) is 4.39 Å². The SMILES string of the molecule is CN1CCC(CN(C)c2ccc(C(N)=S)cc2F)CC1. The zero-order valence-electron chi connectivity index (χ0n) is 12.1. The number of piperidine rings is 1. The Balaban J connectivity index is 2.02. The molecule has 0 aliphatic carbocycles. The molecule has 0 unspecified atom stereocenters. The van der Waals surface area contributed by atoms with E-state index in [1.165, 1.54) is 18.9 Å². The smallest absolute Gasteiger partial charge is 0.147 e. The van der Waals surface area contributed by atoms with Crippen LogP contribution in [0.3, 0.4) is 0 Å². The summed E-state index contributed by atoms with van der Waals surface area (Å²) >= 11 is 4.87. The first kappa shape index (κ1) is 15.2. The quantitative estimate of drug-likeness (QED) is 0.864. The number of hydrogen-bond acceptors (Lipinski definition) is 3. The Hall–Kier alpha value is -1.20. The van der Waals surface area contributed by atoms with E-state index in [0.29, 0.717) is 17.2 Å². The summed E-state index contributed by atoms with van der Waals surface area (Å²) in [6, 6.07) is 4.97. The number of hydrogen-bond donors (Lipinski definition) is 1. The molecule has 0 saturated carbocycles. The van der Waals surface area contributed by atoms with Crippen LogP contribution in [0.1, 0.15) is 18.4 Å². The molecule has 1 aliphatic heterocycles. The third kappa shape index (κ3) is 3.67. The first-order chi connectivity index (χ1) is 9.47. The largest absolute Gasteiger partial charge is 0.389 e. The van der Waals surface area contributed by atoms with Crippen LogP contribution < -0.4 is 10.6 Å². The van der Waals surface area contributed by atoms with Gasteiger partial charge in [-0.15, -0.1) is 0 Å². The van der Waals surface area contributed by atoms with E-state index in [9.17, 15) is 4.39 Å². The van der Waals surface area contributed by atoms with Gasteiger partial charge < -0.3 is 15.5 Å². The summed E-state index contributed by atoms with van der Waals surface area (Å²) in [6.45, 7) is 3.14. The lowest BCUT2D eigenvalue weighted by Crippen LogP contribution is -2.36. The maximum atomic E-state index is 14.1. The molecule has 1 aliphatic rings. The average molecular weight is 295 g/mol. The molecule has 0 amide bonds. The molecular formula is C15H22FN3S. The Morgan fingerprint density at radius 1 is 1.45 bits per heavy atom. The Labute approximate surface area is 125 Å². The molecule has 0 atom stereocenters. The van der Waals surface area contributed by atoms with Gasteiger partial charge in [-0.1, -0.05) is 12.2 Å². The molecule has 0 spiro atoms. The molecule has 3 nitrogen and oxygen atoms in total. The minimum atomic E-state index is -0.259. The summed E-state index contributed by atoms with van der Waals surface area (Å²) in [4.78, 5) is 4.57. The molecule has 0 bridgehead atoms. The molecule has 20 heavy (non-hydrogen) atoms. The van der Waals surface area contributed by atoms with Gasteiger partial charge in [-0.2, -0.15) is 0 Å². The number of thiocarbonyl (C=S) groups is 1. The van der Waals surface area contributed by atoms with Gasteiger partial charge in [0.15, 0.2) is 0 Å². The standard InChI is InChI=1S/C15H22FN3S/c1-18-7-5-11(6-8-18)10-19(2)14-4-3-12(15(17)20)9-13(14)16/h3-4,9,11H,5-8,10H2,1-2H3,(H2,17,20). The van der Waals surface area contributed by atoms with Crippen molar-refractivity contribution in [3.05, 3.63) is 29.6 Å². The van der Waals surface area contributed by atoms with Crippen molar-refractivity contribution in [1.82, 2.24) is 4.90 Å². The lowest BCUT2D eigenvalue weighted by atomic mass is 9.96. The summed E-state index contributed by atoms with van der Waals surface area (Å²) in [6.07, 6.45) is 2.35. The molecule has 2 rings (SSSR count). The number of halogens is 1. The molecule has 110 valence electrons. The highest BCUT2D eigenvalue weighted by atomic mass is 32.1. The van der Waals surface area contributed by atoms with Crippen molar-refractivity contribution in [2.75, 3.05) is 38.6 Å². The van der Waals surface area contributed by atoms with E-state index in [1.54, 1.807) is 12.1 Å². The molecule has 1 fully saturated rings. The van der Waals surface area contributed by atoms with Crippen molar-refractivity contribution >= 4 is 22.9 Å². The van der Waals surface area contributed by atoms with Crippen LogP contribution in [-0.4, -0.2) is 43.6 Å². The minimum absolute atomic E-state index is 0.230.